The summed E-state index contributed by atoms with van der Waals surface area (Å²) in [6.07, 6.45) is 3.08. The van der Waals surface area contributed by atoms with Crippen molar-refractivity contribution >= 4 is 15.7 Å². The van der Waals surface area contributed by atoms with Crippen LogP contribution < -0.4 is 10.1 Å². The molecular formula is C22H22N2O4S. The Labute approximate surface area is 170 Å². The molecule has 2 aromatic carbocycles. The van der Waals surface area contributed by atoms with Gasteiger partial charge in [-0.1, -0.05) is 23.8 Å². The average Bonchev–Trinajstić information content (AvgIpc) is 2.75. The average molecular weight is 410 g/mol. The lowest BCUT2D eigenvalue weighted by Crippen LogP contribution is -2.32. The minimum absolute atomic E-state index is 0.0766. The van der Waals surface area contributed by atoms with Crippen LogP contribution in [0, 0.1) is 6.92 Å². The van der Waals surface area contributed by atoms with Crippen LogP contribution in [0.25, 0.3) is 0 Å². The first-order chi connectivity index (χ1) is 13.9. The highest BCUT2D eigenvalue weighted by atomic mass is 32.2. The summed E-state index contributed by atoms with van der Waals surface area (Å²) in [7, 11) is -2.26. The summed E-state index contributed by atoms with van der Waals surface area (Å²) in [4.78, 5) is 16.7. The highest BCUT2D eigenvalue weighted by Crippen LogP contribution is 2.29. The highest BCUT2D eigenvalue weighted by Gasteiger charge is 2.30. The van der Waals surface area contributed by atoms with E-state index in [2.05, 4.69) is 10.3 Å². The Bertz CT molecular complexity index is 1060. The molecule has 150 valence electrons. The number of nitrogens with one attached hydrogen (secondary N) is 1. The van der Waals surface area contributed by atoms with E-state index in [4.69, 9.17) is 4.74 Å². The number of nitrogens with zero attached hydrogens (tertiary/aromatic N) is 1. The number of hydrogen-bond acceptors (Lipinski definition) is 5. The number of pyridine rings is 1. The smallest absolute Gasteiger partial charge is 0.251 e. The summed E-state index contributed by atoms with van der Waals surface area (Å²) in [6, 6.07) is 16.6. The number of carbonyl (C=O) groups is 1. The van der Waals surface area contributed by atoms with E-state index in [0.717, 1.165) is 5.56 Å². The van der Waals surface area contributed by atoms with Crippen LogP contribution in [-0.4, -0.2) is 33.0 Å². The van der Waals surface area contributed by atoms with Gasteiger partial charge in [-0.25, -0.2) is 8.42 Å². The van der Waals surface area contributed by atoms with Gasteiger partial charge in [0.25, 0.3) is 5.91 Å². The van der Waals surface area contributed by atoms with E-state index < -0.39 is 15.1 Å². The molecule has 3 aromatic rings. The molecule has 0 saturated heterocycles. The molecule has 0 aliphatic heterocycles. The van der Waals surface area contributed by atoms with E-state index in [9.17, 15) is 13.2 Å². The molecule has 1 atom stereocenters. The summed E-state index contributed by atoms with van der Waals surface area (Å²) in [6.45, 7) is 1.86. The second-order valence-electron chi connectivity index (χ2n) is 6.57. The highest BCUT2D eigenvalue weighted by molar-refractivity contribution is 7.91. The second kappa shape index (κ2) is 8.87. The van der Waals surface area contributed by atoms with Crippen LogP contribution in [0.1, 0.15) is 26.7 Å². The number of rotatable bonds is 7. The van der Waals surface area contributed by atoms with E-state index >= 15 is 0 Å². The first-order valence-corrected chi connectivity index (χ1v) is 10.6. The molecule has 1 unspecified atom stereocenters. The zero-order valence-corrected chi connectivity index (χ0v) is 17.0. The van der Waals surface area contributed by atoms with E-state index in [0.29, 0.717) is 16.9 Å². The third kappa shape index (κ3) is 4.81. The van der Waals surface area contributed by atoms with Crippen molar-refractivity contribution in [1.82, 2.24) is 10.3 Å². The summed E-state index contributed by atoms with van der Waals surface area (Å²) in [5.74, 6) is 0.235. The van der Waals surface area contributed by atoms with Crippen molar-refractivity contribution in [2.24, 2.45) is 0 Å². The molecule has 1 heterocycles. The summed E-state index contributed by atoms with van der Waals surface area (Å²) in [5, 5.41) is 1.77. The molecule has 0 saturated carbocycles. The Balaban J connectivity index is 1.88. The number of aromatic nitrogens is 1. The largest absolute Gasteiger partial charge is 0.497 e. The van der Waals surface area contributed by atoms with Crippen LogP contribution in [-0.2, 0) is 9.84 Å². The van der Waals surface area contributed by atoms with Crippen molar-refractivity contribution in [1.29, 1.82) is 0 Å². The van der Waals surface area contributed by atoms with Crippen molar-refractivity contribution in [3.05, 3.63) is 89.7 Å². The third-order valence-electron chi connectivity index (χ3n) is 4.58. The number of sulfone groups is 1. The van der Waals surface area contributed by atoms with Gasteiger partial charge < -0.3 is 10.1 Å². The van der Waals surface area contributed by atoms with Crippen molar-refractivity contribution in [2.45, 2.75) is 17.1 Å². The molecule has 0 aliphatic carbocycles. The Morgan fingerprint density at radius 3 is 2.34 bits per heavy atom. The van der Waals surface area contributed by atoms with Crippen molar-refractivity contribution < 1.29 is 17.9 Å². The molecule has 7 heteroatoms. The van der Waals surface area contributed by atoms with Crippen LogP contribution in [0.15, 0.2) is 78.0 Å². The lowest BCUT2D eigenvalue weighted by molar-refractivity contribution is 0.0953. The van der Waals surface area contributed by atoms with Gasteiger partial charge in [0.2, 0.25) is 0 Å². The Hall–Kier alpha value is -3.19. The van der Waals surface area contributed by atoms with Crippen molar-refractivity contribution in [3.63, 3.8) is 0 Å². The number of benzene rings is 2. The fourth-order valence-corrected chi connectivity index (χ4v) is 4.54. The van der Waals surface area contributed by atoms with E-state index in [1.54, 1.807) is 42.6 Å². The Morgan fingerprint density at radius 1 is 1.07 bits per heavy atom. The number of hydrogen-bond donors (Lipinski definition) is 1. The van der Waals surface area contributed by atoms with Crippen LogP contribution >= 0.6 is 0 Å². The summed E-state index contributed by atoms with van der Waals surface area (Å²) in [5.41, 5.74) is 2.02. The molecule has 0 fully saturated rings. The zero-order valence-electron chi connectivity index (χ0n) is 16.2. The van der Waals surface area contributed by atoms with Gasteiger partial charge in [-0.05, 0) is 55.0 Å². The van der Waals surface area contributed by atoms with Gasteiger partial charge in [0.05, 0.1) is 12.0 Å². The summed E-state index contributed by atoms with van der Waals surface area (Å²) >= 11 is 0. The molecule has 0 aliphatic rings. The molecule has 29 heavy (non-hydrogen) atoms. The minimum atomic E-state index is -3.77. The van der Waals surface area contributed by atoms with Gasteiger partial charge in [0.1, 0.15) is 11.0 Å². The minimum Gasteiger partial charge on any atom is -0.497 e. The molecule has 1 N–H and O–H groups in total. The fraction of sp³-hybridized carbons (Fsp3) is 0.182. The number of amides is 1. The number of methoxy groups -OCH3 is 1. The molecule has 6 nitrogen and oxygen atoms in total. The Kier molecular flexibility index (Phi) is 6.29. The number of aryl methyl sites for hydroxylation is 1. The van der Waals surface area contributed by atoms with Crippen LogP contribution in [0.5, 0.6) is 5.75 Å². The fourth-order valence-electron chi connectivity index (χ4n) is 2.90. The van der Waals surface area contributed by atoms with Gasteiger partial charge in [-0.3, -0.25) is 9.78 Å². The maximum Gasteiger partial charge on any atom is 0.251 e. The van der Waals surface area contributed by atoms with Gasteiger partial charge in [-0.2, -0.15) is 0 Å². The second-order valence-corrected chi connectivity index (χ2v) is 8.70. The lowest BCUT2D eigenvalue weighted by atomic mass is 10.1. The first-order valence-electron chi connectivity index (χ1n) is 9.04. The van der Waals surface area contributed by atoms with Gasteiger partial charge >= 0.3 is 0 Å². The van der Waals surface area contributed by atoms with Crippen molar-refractivity contribution in [2.75, 3.05) is 13.7 Å². The molecule has 0 spiro atoms. The van der Waals surface area contributed by atoms with E-state index in [-0.39, 0.29) is 17.3 Å². The molecule has 1 aromatic heterocycles. The topological polar surface area (TPSA) is 85.4 Å². The molecular weight excluding hydrogens is 388 g/mol. The predicted octanol–water partition coefficient (Wildman–Crippen LogP) is 3.34. The van der Waals surface area contributed by atoms with Crippen LogP contribution in [0.4, 0.5) is 0 Å². The first kappa shape index (κ1) is 20.5. The zero-order chi connectivity index (χ0) is 20.9. The standard InChI is InChI=1S/C22H22N2O4S/c1-16-5-7-17(8-6-16)22(25)24-15-21(18-4-3-13-23-14-18)29(26,27)20-11-9-19(28-2)10-12-20/h3-14,21H,15H2,1-2H3,(H,24,25). The maximum absolute atomic E-state index is 13.3. The maximum atomic E-state index is 13.3. The number of ether oxygens (including phenoxy) is 1. The molecule has 0 bridgehead atoms. The van der Waals surface area contributed by atoms with Gasteiger partial charge in [-0.15, -0.1) is 0 Å². The third-order valence-corrected chi connectivity index (χ3v) is 6.70. The van der Waals surface area contributed by atoms with Crippen molar-refractivity contribution in [3.8, 4) is 5.75 Å². The molecule has 0 radical (unpaired) electrons. The van der Waals surface area contributed by atoms with E-state index in [1.807, 2.05) is 19.1 Å². The predicted molar refractivity (Wildman–Crippen MR) is 111 cm³/mol. The Morgan fingerprint density at radius 2 is 1.76 bits per heavy atom. The normalized spacial score (nSPS) is 12.2. The van der Waals surface area contributed by atoms with Crippen LogP contribution in [0.3, 0.4) is 0 Å². The van der Waals surface area contributed by atoms with Gasteiger partial charge in [0.15, 0.2) is 9.84 Å². The molecule has 1 amide bonds. The molecule has 3 rings (SSSR count). The number of carbonyl (C=O) groups excluding carboxylic acids is 1. The summed E-state index contributed by atoms with van der Waals surface area (Å²) < 4.78 is 31.7. The SMILES string of the molecule is COc1ccc(S(=O)(=O)C(CNC(=O)c2ccc(C)cc2)c2cccnc2)cc1. The monoisotopic (exact) mass is 410 g/mol. The van der Waals surface area contributed by atoms with Crippen LogP contribution in [0.2, 0.25) is 0 Å². The quantitative estimate of drug-likeness (QED) is 0.646. The van der Waals surface area contributed by atoms with E-state index in [1.165, 1.54) is 25.4 Å². The lowest BCUT2D eigenvalue weighted by Gasteiger charge is -2.19. The van der Waals surface area contributed by atoms with Gasteiger partial charge in [0, 0.05) is 24.5 Å².